The van der Waals surface area contributed by atoms with E-state index >= 15 is 0 Å². The van der Waals surface area contributed by atoms with E-state index in [9.17, 15) is 9.59 Å². The Labute approximate surface area is 152 Å². The highest BCUT2D eigenvalue weighted by atomic mass is 16.2. The van der Waals surface area contributed by atoms with Gasteiger partial charge in [0.05, 0.1) is 5.52 Å². The molecule has 1 atom stereocenters. The van der Waals surface area contributed by atoms with Crippen LogP contribution in [0.1, 0.15) is 18.4 Å². The smallest absolute Gasteiger partial charge is 0.242 e. The standard InChI is InChI=1S/C22H22N2O2/c25-21-12-14-23(20-11-5-4-10-19(20)21)16-22(26)24-13-6-9-18(24)15-17-7-2-1-3-8-17/h1-5,7-8,10-12,14,18H,6,9,13,15-16H2. The summed E-state index contributed by atoms with van der Waals surface area (Å²) in [6, 6.07) is 19.6. The van der Waals surface area contributed by atoms with Crippen LogP contribution in [0, 0.1) is 0 Å². The number of pyridine rings is 1. The van der Waals surface area contributed by atoms with Crippen LogP contribution in [-0.2, 0) is 17.8 Å². The second-order valence-electron chi connectivity index (χ2n) is 6.90. The van der Waals surface area contributed by atoms with Crippen LogP contribution < -0.4 is 5.43 Å². The van der Waals surface area contributed by atoms with Gasteiger partial charge in [0, 0.05) is 30.2 Å². The van der Waals surface area contributed by atoms with Gasteiger partial charge in [-0.1, -0.05) is 42.5 Å². The number of hydrogen-bond donors (Lipinski definition) is 0. The molecule has 0 spiro atoms. The highest BCUT2D eigenvalue weighted by Crippen LogP contribution is 2.22. The third-order valence-corrected chi connectivity index (χ3v) is 5.20. The van der Waals surface area contributed by atoms with Crippen molar-refractivity contribution < 1.29 is 4.79 Å². The summed E-state index contributed by atoms with van der Waals surface area (Å²) >= 11 is 0. The van der Waals surface area contributed by atoms with E-state index in [0.717, 1.165) is 31.3 Å². The molecule has 2 heterocycles. The van der Waals surface area contributed by atoms with Crippen molar-refractivity contribution in [2.24, 2.45) is 0 Å². The van der Waals surface area contributed by atoms with Gasteiger partial charge in [-0.15, -0.1) is 0 Å². The molecule has 2 aromatic carbocycles. The average molecular weight is 346 g/mol. The minimum absolute atomic E-state index is 0.00701. The zero-order valence-electron chi connectivity index (χ0n) is 14.7. The number of benzene rings is 2. The molecule has 4 heteroatoms. The molecule has 1 aromatic heterocycles. The Bertz CT molecular complexity index is 978. The highest BCUT2D eigenvalue weighted by Gasteiger charge is 2.28. The number of carbonyl (C=O) groups excluding carboxylic acids is 1. The second-order valence-corrected chi connectivity index (χ2v) is 6.90. The quantitative estimate of drug-likeness (QED) is 0.728. The van der Waals surface area contributed by atoms with E-state index in [2.05, 4.69) is 12.1 Å². The maximum absolute atomic E-state index is 13.0. The first-order valence-corrected chi connectivity index (χ1v) is 9.14. The van der Waals surface area contributed by atoms with E-state index in [-0.39, 0.29) is 23.9 Å². The second kappa shape index (κ2) is 7.16. The fraction of sp³-hybridized carbons (Fsp3) is 0.273. The summed E-state index contributed by atoms with van der Waals surface area (Å²) in [5, 5.41) is 0.657. The summed E-state index contributed by atoms with van der Waals surface area (Å²) in [6.07, 6.45) is 4.72. The van der Waals surface area contributed by atoms with Crippen LogP contribution in [0.15, 0.2) is 71.7 Å². The molecule has 1 aliphatic heterocycles. The molecule has 0 saturated carbocycles. The summed E-state index contributed by atoms with van der Waals surface area (Å²) in [4.78, 5) is 27.0. The minimum Gasteiger partial charge on any atom is -0.338 e. The van der Waals surface area contributed by atoms with Crippen molar-refractivity contribution in [3.05, 3.63) is 82.6 Å². The van der Waals surface area contributed by atoms with Crippen molar-refractivity contribution in [2.45, 2.75) is 31.8 Å². The first-order valence-electron chi connectivity index (χ1n) is 9.14. The maximum atomic E-state index is 13.0. The van der Waals surface area contributed by atoms with Crippen molar-refractivity contribution in [2.75, 3.05) is 6.54 Å². The van der Waals surface area contributed by atoms with Crippen molar-refractivity contribution in [1.29, 1.82) is 0 Å². The number of aromatic nitrogens is 1. The Kier molecular flexibility index (Phi) is 4.57. The van der Waals surface area contributed by atoms with Crippen molar-refractivity contribution >= 4 is 16.8 Å². The molecule has 0 N–H and O–H groups in total. The lowest BCUT2D eigenvalue weighted by Gasteiger charge is -2.25. The molecule has 0 bridgehead atoms. The van der Waals surface area contributed by atoms with Gasteiger partial charge in [0.1, 0.15) is 6.54 Å². The molecule has 1 amide bonds. The van der Waals surface area contributed by atoms with Crippen LogP contribution in [0.4, 0.5) is 0 Å². The first-order chi connectivity index (χ1) is 12.7. The lowest BCUT2D eigenvalue weighted by atomic mass is 10.0. The topological polar surface area (TPSA) is 42.3 Å². The lowest BCUT2D eigenvalue weighted by Crippen LogP contribution is -2.39. The zero-order valence-corrected chi connectivity index (χ0v) is 14.7. The zero-order chi connectivity index (χ0) is 17.9. The van der Waals surface area contributed by atoms with E-state index < -0.39 is 0 Å². The van der Waals surface area contributed by atoms with Crippen LogP contribution in [0.5, 0.6) is 0 Å². The van der Waals surface area contributed by atoms with Crippen molar-refractivity contribution in [1.82, 2.24) is 9.47 Å². The van der Waals surface area contributed by atoms with Crippen molar-refractivity contribution in [3.63, 3.8) is 0 Å². The maximum Gasteiger partial charge on any atom is 0.242 e. The van der Waals surface area contributed by atoms with Crippen LogP contribution in [0.25, 0.3) is 10.9 Å². The van der Waals surface area contributed by atoms with Gasteiger partial charge in [-0.25, -0.2) is 0 Å². The Morgan fingerprint density at radius 1 is 1.00 bits per heavy atom. The van der Waals surface area contributed by atoms with Gasteiger partial charge in [-0.2, -0.15) is 0 Å². The third kappa shape index (κ3) is 3.27. The van der Waals surface area contributed by atoms with Gasteiger partial charge >= 0.3 is 0 Å². The largest absolute Gasteiger partial charge is 0.338 e. The number of carbonyl (C=O) groups is 1. The van der Waals surface area contributed by atoms with Gasteiger partial charge in [0.2, 0.25) is 5.91 Å². The van der Waals surface area contributed by atoms with Crippen LogP contribution in [0.2, 0.25) is 0 Å². The van der Waals surface area contributed by atoms with Crippen LogP contribution >= 0.6 is 0 Å². The van der Waals surface area contributed by atoms with E-state index in [0.29, 0.717) is 5.39 Å². The predicted octanol–water partition coefficient (Wildman–Crippen LogP) is 3.24. The molecule has 1 unspecified atom stereocenters. The number of rotatable bonds is 4. The molecule has 132 valence electrons. The van der Waals surface area contributed by atoms with Gasteiger partial charge in [0.25, 0.3) is 0 Å². The number of fused-ring (bicyclic) bond motifs is 1. The molecule has 1 aliphatic rings. The number of amides is 1. The molecule has 3 aromatic rings. The molecular weight excluding hydrogens is 324 g/mol. The summed E-state index contributed by atoms with van der Waals surface area (Å²) in [7, 11) is 0. The normalized spacial score (nSPS) is 16.9. The summed E-state index contributed by atoms with van der Waals surface area (Å²) in [5.74, 6) is 0.122. The van der Waals surface area contributed by atoms with Gasteiger partial charge in [0.15, 0.2) is 5.43 Å². The number of nitrogens with zero attached hydrogens (tertiary/aromatic N) is 2. The highest BCUT2D eigenvalue weighted by molar-refractivity contribution is 5.82. The molecular formula is C22H22N2O2. The van der Waals surface area contributed by atoms with E-state index in [1.54, 1.807) is 12.3 Å². The van der Waals surface area contributed by atoms with Crippen molar-refractivity contribution in [3.8, 4) is 0 Å². The van der Waals surface area contributed by atoms with E-state index in [1.807, 2.05) is 51.9 Å². The van der Waals surface area contributed by atoms with E-state index in [4.69, 9.17) is 0 Å². The summed E-state index contributed by atoms with van der Waals surface area (Å²) in [6.45, 7) is 1.08. The SMILES string of the molecule is O=C(Cn1ccc(=O)c2ccccc21)N1CCCC1Cc1ccccc1. The third-order valence-electron chi connectivity index (χ3n) is 5.20. The number of para-hydroxylation sites is 1. The molecule has 1 saturated heterocycles. The van der Waals surface area contributed by atoms with E-state index in [1.165, 1.54) is 5.56 Å². The fourth-order valence-corrected chi connectivity index (χ4v) is 3.90. The Balaban J connectivity index is 1.54. The first kappa shape index (κ1) is 16.6. The molecule has 26 heavy (non-hydrogen) atoms. The fourth-order valence-electron chi connectivity index (χ4n) is 3.90. The Morgan fingerprint density at radius 2 is 1.77 bits per heavy atom. The van der Waals surface area contributed by atoms with Gasteiger partial charge < -0.3 is 9.47 Å². The monoisotopic (exact) mass is 346 g/mol. The molecule has 0 radical (unpaired) electrons. The summed E-state index contributed by atoms with van der Waals surface area (Å²) < 4.78 is 1.89. The molecule has 4 nitrogen and oxygen atoms in total. The molecule has 0 aliphatic carbocycles. The molecule has 1 fully saturated rings. The minimum atomic E-state index is -0.00701. The number of likely N-dealkylation sites (tertiary alicyclic amines) is 1. The Hall–Kier alpha value is -2.88. The van der Waals surface area contributed by atoms with Crippen LogP contribution in [-0.4, -0.2) is 28.0 Å². The summed E-state index contributed by atoms with van der Waals surface area (Å²) in [5.41, 5.74) is 2.07. The molecule has 4 rings (SSSR count). The Morgan fingerprint density at radius 3 is 2.62 bits per heavy atom. The lowest BCUT2D eigenvalue weighted by molar-refractivity contribution is -0.132. The predicted molar refractivity (Wildman–Crippen MR) is 103 cm³/mol. The van der Waals surface area contributed by atoms with Gasteiger partial charge in [-0.3, -0.25) is 9.59 Å². The number of hydrogen-bond acceptors (Lipinski definition) is 2. The van der Waals surface area contributed by atoms with Crippen LogP contribution in [0.3, 0.4) is 0 Å². The average Bonchev–Trinajstić information content (AvgIpc) is 3.13. The van der Waals surface area contributed by atoms with Gasteiger partial charge in [-0.05, 0) is 37.0 Å².